The molecule has 19 heavy (non-hydrogen) atoms. The number of rotatable bonds is 3. The number of nitrogens with one attached hydrogen (secondary N) is 1. The summed E-state index contributed by atoms with van der Waals surface area (Å²) in [6, 6.07) is 0. The zero-order valence-corrected chi connectivity index (χ0v) is 11.7. The molecule has 6 nitrogen and oxygen atoms in total. The van der Waals surface area contributed by atoms with Crippen LogP contribution in [0.15, 0.2) is 22.0 Å². The van der Waals surface area contributed by atoms with Gasteiger partial charge in [-0.2, -0.15) is 5.10 Å². The molecule has 2 aromatic heterocycles. The lowest BCUT2D eigenvalue weighted by Crippen LogP contribution is -2.36. The molecule has 1 N–H and O–H groups in total. The zero-order valence-electron chi connectivity index (χ0n) is 11.0. The van der Waals surface area contributed by atoms with Crippen LogP contribution >= 0.6 is 11.6 Å². The van der Waals surface area contributed by atoms with Crippen molar-refractivity contribution in [3.63, 3.8) is 0 Å². The molecule has 0 spiro atoms. The molecule has 0 aromatic carbocycles. The van der Waals surface area contributed by atoms with E-state index in [1.54, 1.807) is 10.9 Å². The lowest BCUT2D eigenvalue weighted by atomic mass is 10.1. The number of aryl methyl sites for hydroxylation is 1. The third kappa shape index (κ3) is 2.35. The van der Waals surface area contributed by atoms with Crippen LogP contribution in [0, 0.1) is 0 Å². The number of aromatic amines is 1. The molecule has 7 heteroatoms. The smallest absolute Gasteiger partial charge is 0.297 e. The second kappa shape index (κ2) is 5.05. The minimum absolute atomic E-state index is 0.0793. The molecular weight excluding hydrogens is 268 g/mol. The molecule has 0 fully saturated rings. The van der Waals surface area contributed by atoms with E-state index < -0.39 is 11.2 Å². The van der Waals surface area contributed by atoms with Crippen LogP contribution in [-0.2, 0) is 6.54 Å². The van der Waals surface area contributed by atoms with E-state index in [4.69, 9.17) is 11.6 Å². The molecule has 2 heterocycles. The van der Waals surface area contributed by atoms with Gasteiger partial charge in [0.2, 0.25) is 0 Å². The van der Waals surface area contributed by atoms with Gasteiger partial charge in [-0.15, -0.1) is 0 Å². The average molecular weight is 283 g/mol. The van der Waals surface area contributed by atoms with E-state index in [2.05, 4.69) is 10.1 Å². The normalized spacial score (nSPS) is 11.2. The van der Waals surface area contributed by atoms with Gasteiger partial charge < -0.3 is 0 Å². The van der Waals surface area contributed by atoms with Crippen LogP contribution in [0.2, 0.25) is 5.15 Å². The molecule has 2 aromatic rings. The summed E-state index contributed by atoms with van der Waals surface area (Å²) in [7, 11) is 0. The molecule has 0 aliphatic heterocycles. The van der Waals surface area contributed by atoms with Gasteiger partial charge in [-0.3, -0.25) is 14.5 Å². The number of hydrogen-bond donors (Lipinski definition) is 1. The summed E-state index contributed by atoms with van der Waals surface area (Å²) in [6.07, 6.45) is 3.13. The summed E-state index contributed by atoms with van der Waals surface area (Å²) < 4.78 is 2.70. The summed E-state index contributed by atoms with van der Waals surface area (Å²) in [5, 5.41) is 4.16. The predicted molar refractivity (Wildman–Crippen MR) is 73.2 cm³/mol. The number of halogens is 1. The van der Waals surface area contributed by atoms with Gasteiger partial charge in [0.15, 0.2) is 0 Å². The number of aromatic nitrogens is 4. The van der Waals surface area contributed by atoms with Crippen LogP contribution in [0.3, 0.4) is 0 Å². The summed E-state index contributed by atoms with van der Waals surface area (Å²) >= 11 is 5.93. The fraction of sp³-hybridized carbons (Fsp3) is 0.417. The molecule has 0 unspecified atom stereocenters. The third-order valence-corrected chi connectivity index (χ3v) is 3.17. The number of hydrogen-bond acceptors (Lipinski definition) is 3. The molecule has 2 rings (SSSR count). The van der Waals surface area contributed by atoms with E-state index in [1.807, 2.05) is 20.8 Å². The number of H-pyrrole nitrogens is 1. The van der Waals surface area contributed by atoms with Gasteiger partial charge in [-0.05, 0) is 12.8 Å². The molecular formula is C12H15ClN4O2. The SMILES string of the molecule is CCn1cc(-n2c(=O)[nH]c(Cl)c(C(C)C)c2=O)cn1. The third-order valence-electron chi connectivity index (χ3n) is 2.87. The monoisotopic (exact) mass is 282 g/mol. The van der Waals surface area contributed by atoms with Crippen LogP contribution in [0.5, 0.6) is 0 Å². The van der Waals surface area contributed by atoms with Crippen LogP contribution in [0.25, 0.3) is 5.69 Å². The first-order valence-corrected chi connectivity index (χ1v) is 6.41. The molecule has 0 saturated carbocycles. The van der Waals surface area contributed by atoms with Crippen molar-refractivity contribution < 1.29 is 0 Å². The lowest BCUT2D eigenvalue weighted by Gasteiger charge is -2.09. The molecule has 0 saturated heterocycles. The number of nitrogens with zero attached hydrogens (tertiary/aromatic N) is 3. The van der Waals surface area contributed by atoms with Crippen molar-refractivity contribution in [1.29, 1.82) is 0 Å². The van der Waals surface area contributed by atoms with Crippen LogP contribution < -0.4 is 11.2 Å². The van der Waals surface area contributed by atoms with E-state index in [-0.39, 0.29) is 11.1 Å². The minimum atomic E-state index is -0.560. The second-order valence-corrected chi connectivity index (χ2v) is 4.89. The Morgan fingerprint density at radius 1 is 1.42 bits per heavy atom. The van der Waals surface area contributed by atoms with Crippen molar-refractivity contribution in [3.8, 4) is 5.69 Å². The highest BCUT2D eigenvalue weighted by Crippen LogP contribution is 2.17. The Balaban J connectivity index is 2.73. The maximum absolute atomic E-state index is 12.4. The summed E-state index contributed by atoms with van der Waals surface area (Å²) in [4.78, 5) is 26.8. The molecule has 0 amide bonds. The van der Waals surface area contributed by atoms with E-state index in [0.29, 0.717) is 17.8 Å². The van der Waals surface area contributed by atoms with Crippen molar-refractivity contribution in [2.24, 2.45) is 0 Å². The van der Waals surface area contributed by atoms with Crippen LogP contribution in [0.4, 0.5) is 0 Å². The molecule has 0 aliphatic carbocycles. The Kier molecular flexibility index (Phi) is 3.61. The van der Waals surface area contributed by atoms with Crippen molar-refractivity contribution in [3.05, 3.63) is 43.9 Å². The van der Waals surface area contributed by atoms with E-state index in [0.717, 1.165) is 4.57 Å². The maximum Gasteiger partial charge on any atom is 0.334 e. The molecule has 0 atom stereocenters. The first-order chi connectivity index (χ1) is 8.95. The van der Waals surface area contributed by atoms with E-state index in [9.17, 15) is 9.59 Å². The van der Waals surface area contributed by atoms with Crippen LogP contribution in [0.1, 0.15) is 32.3 Å². The van der Waals surface area contributed by atoms with Gasteiger partial charge in [-0.1, -0.05) is 25.4 Å². The Labute approximate surface area is 114 Å². The summed E-state index contributed by atoms with van der Waals surface area (Å²) in [5.41, 5.74) is -0.133. The molecule has 102 valence electrons. The molecule has 0 aliphatic rings. The largest absolute Gasteiger partial charge is 0.334 e. The standard InChI is InChI=1S/C12H15ClN4O2/c1-4-16-6-8(5-14-16)17-11(18)9(7(2)3)10(13)15-12(17)19/h5-7H,4H2,1-3H3,(H,15,19). The van der Waals surface area contributed by atoms with Gasteiger partial charge in [0.1, 0.15) is 5.15 Å². The Morgan fingerprint density at radius 3 is 2.63 bits per heavy atom. The average Bonchev–Trinajstić information content (AvgIpc) is 2.76. The Hall–Kier alpha value is -1.82. The highest BCUT2D eigenvalue weighted by molar-refractivity contribution is 6.30. The fourth-order valence-corrected chi connectivity index (χ4v) is 2.28. The molecule has 0 radical (unpaired) electrons. The van der Waals surface area contributed by atoms with Gasteiger partial charge >= 0.3 is 5.69 Å². The van der Waals surface area contributed by atoms with Gasteiger partial charge in [0, 0.05) is 12.7 Å². The van der Waals surface area contributed by atoms with Gasteiger partial charge in [0.25, 0.3) is 5.56 Å². The predicted octanol–water partition coefficient (Wildman–Crippen LogP) is 1.52. The highest BCUT2D eigenvalue weighted by Gasteiger charge is 2.17. The Bertz CT molecular complexity index is 711. The van der Waals surface area contributed by atoms with Crippen molar-refractivity contribution in [2.45, 2.75) is 33.2 Å². The Morgan fingerprint density at radius 2 is 2.11 bits per heavy atom. The summed E-state index contributed by atoms with van der Waals surface area (Å²) in [5.74, 6) is -0.0793. The van der Waals surface area contributed by atoms with Gasteiger partial charge in [-0.25, -0.2) is 9.36 Å². The molecule has 0 bridgehead atoms. The van der Waals surface area contributed by atoms with E-state index in [1.165, 1.54) is 6.20 Å². The maximum atomic E-state index is 12.4. The van der Waals surface area contributed by atoms with Gasteiger partial charge in [0.05, 0.1) is 17.4 Å². The minimum Gasteiger partial charge on any atom is -0.297 e. The first-order valence-electron chi connectivity index (χ1n) is 6.03. The van der Waals surface area contributed by atoms with Crippen LogP contribution in [-0.4, -0.2) is 19.3 Å². The zero-order chi connectivity index (χ0) is 14.2. The second-order valence-electron chi connectivity index (χ2n) is 4.51. The lowest BCUT2D eigenvalue weighted by molar-refractivity contribution is 0.659. The van der Waals surface area contributed by atoms with Crippen molar-refractivity contribution in [1.82, 2.24) is 19.3 Å². The topological polar surface area (TPSA) is 72.7 Å². The highest BCUT2D eigenvalue weighted by atomic mass is 35.5. The quantitative estimate of drug-likeness (QED) is 0.868. The fourth-order valence-electron chi connectivity index (χ4n) is 1.90. The van der Waals surface area contributed by atoms with Crippen molar-refractivity contribution >= 4 is 11.6 Å². The first kappa shape index (κ1) is 13.6. The van der Waals surface area contributed by atoms with Crippen molar-refractivity contribution in [2.75, 3.05) is 0 Å². The van der Waals surface area contributed by atoms with E-state index >= 15 is 0 Å². The summed E-state index contributed by atoms with van der Waals surface area (Å²) in [6.45, 7) is 6.28.